The molecule has 0 aliphatic carbocycles. The van der Waals surface area contributed by atoms with Crippen molar-refractivity contribution in [1.29, 1.82) is 0 Å². The molecule has 0 atom stereocenters. The van der Waals surface area contributed by atoms with Crippen molar-refractivity contribution in [2.45, 2.75) is 6.92 Å². The largest absolute Gasteiger partial charge is 0.399 e. The number of nitrogen functional groups attached to an aromatic ring is 1. The fourth-order valence-electron chi connectivity index (χ4n) is 2.22. The number of aromatic nitrogens is 3. The van der Waals surface area contributed by atoms with Gasteiger partial charge in [-0.1, -0.05) is 6.07 Å². The molecule has 0 bridgehead atoms. The smallest absolute Gasteiger partial charge is 0.256 e. The maximum atomic E-state index is 12.4. The topological polar surface area (TPSA) is 106 Å². The fourth-order valence-corrected chi connectivity index (χ4v) is 2.22. The Hall–Kier alpha value is -3.48. The second-order valence-corrected chi connectivity index (χ2v) is 5.28. The summed E-state index contributed by atoms with van der Waals surface area (Å²) in [7, 11) is 0. The summed E-state index contributed by atoms with van der Waals surface area (Å²) in [5.74, 6) is 0.555. The van der Waals surface area contributed by atoms with Crippen molar-refractivity contribution in [1.82, 2.24) is 15.0 Å². The minimum atomic E-state index is -0.270. The lowest BCUT2D eigenvalue weighted by atomic mass is 10.2. The minimum absolute atomic E-state index is 0.270. The summed E-state index contributed by atoms with van der Waals surface area (Å²) in [6, 6.07) is 13.9. The van der Waals surface area contributed by atoms with E-state index in [-0.39, 0.29) is 5.91 Å². The lowest BCUT2D eigenvalue weighted by Crippen LogP contribution is -2.14. The van der Waals surface area contributed by atoms with E-state index in [4.69, 9.17) is 5.73 Å². The molecule has 0 aliphatic heterocycles. The maximum Gasteiger partial charge on any atom is 0.256 e. The van der Waals surface area contributed by atoms with Crippen LogP contribution in [0, 0.1) is 0 Å². The molecule has 0 aliphatic rings. The van der Waals surface area contributed by atoms with Crippen molar-refractivity contribution >= 4 is 23.4 Å². The molecule has 1 amide bonds. The third kappa shape index (κ3) is 4.08. The normalized spacial score (nSPS) is 10.3. The molecule has 7 heteroatoms. The molecule has 3 aromatic rings. The predicted octanol–water partition coefficient (Wildman–Crippen LogP) is 2.80. The number of pyridine rings is 1. The number of nitrogens with zero attached hydrogens (tertiary/aromatic N) is 3. The first kappa shape index (κ1) is 16.4. The first-order valence-corrected chi connectivity index (χ1v) is 7.87. The number of benzene rings is 1. The Bertz CT molecular complexity index is 864. The molecule has 126 valence electrons. The Morgan fingerprint density at radius 2 is 1.88 bits per heavy atom. The summed E-state index contributed by atoms with van der Waals surface area (Å²) in [5, 5.41) is 5.85. The van der Waals surface area contributed by atoms with E-state index in [1.54, 1.807) is 36.5 Å². The van der Waals surface area contributed by atoms with Crippen LogP contribution in [0.3, 0.4) is 0 Å². The molecule has 2 heterocycles. The number of anilines is 3. The van der Waals surface area contributed by atoms with Crippen molar-refractivity contribution in [3.63, 3.8) is 0 Å². The highest BCUT2D eigenvalue weighted by Gasteiger charge is 2.11. The standard InChI is InChI=1S/C18H18N6O/c1-2-20-18-22-15(14-5-3-4-10-21-14)11-16(24-18)23-17(25)12-6-8-13(19)9-7-12/h3-11H,2,19H2,1H3,(H2,20,22,23,24,25). The van der Waals surface area contributed by atoms with Gasteiger partial charge in [-0.25, -0.2) is 4.98 Å². The van der Waals surface area contributed by atoms with E-state index in [2.05, 4.69) is 25.6 Å². The number of carbonyl (C=O) groups excluding carboxylic acids is 1. The summed E-state index contributed by atoms with van der Waals surface area (Å²) < 4.78 is 0. The molecule has 2 aromatic heterocycles. The molecule has 0 saturated carbocycles. The van der Waals surface area contributed by atoms with E-state index >= 15 is 0 Å². The van der Waals surface area contributed by atoms with E-state index in [1.807, 2.05) is 25.1 Å². The predicted molar refractivity (Wildman–Crippen MR) is 98.2 cm³/mol. The van der Waals surface area contributed by atoms with Gasteiger partial charge in [-0.15, -0.1) is 0 Å². The fraction of sp³-hybridized carbons (Fsp3) is 0.111. The van der Waals surface area contributed by atoms with Crippen LogP contribution in [0.15, 0.2) is 54.7 Å². The van der Waals surface area contributed by atoms with E-state index in [1.165, 1.54) is 0 Å². The van der Waals surface area contributed by atoms with Gasteiger partial charge in [-0.2, -0.15) is 4.98 Å². The zero-order valence-electron chi connectivity index (χ0n) is 13.7. The van der Waals surface area contributed by atoms with Gasteiger partial charge in [0.2, 0.25) is 5.95 Å². The van der Waals surface area contributed by atoms with Gasteiger partial charge in [0.25, 0.3) is 5.91 Å². The first-order valence-electron chi connectivity index (χ1n) is 7.87. The highest BCUT2D eigenvalue weighted by Crippen LogP contribution is 2.20. The quantitative estimate of drug-likeness (QED) is 0.620. The average molecular weight is 334 g/mol. The van der Waals surface area contributed by atoms with Crippen LogP contribution in [0.4, 0.5) is 17.5 Å². The van der Waals surface area contributed by atoms with Crippen LogP contribution in [0.5, 0.6) is 0 Å². The van der Waals surface area contributed by atoms with Gasteiger partial charge in [-0.3, -0.25) is 9.78 Å². The van der Waals surface area contributed by atoms with Crippen molar-refractivity contribution < 1.29 is 4.79 Å². The molecule has 0 radical (unpaired) electrons. The van der Waals surface area contributed by atoms with Crippen LogP contribution in [0.1, 0.15) is 17.3 Å². The van der Waals surface area contributed by atoms with Gasteiger partial charge in [0, 0.05) is 30.1 Å². The third-order valence-electron chi connectivity index (χ3n) is 3.40. The highest BCUT2D eigenvalue weighted by atomic mass is 16.1. The number of rotatable bonds is 5. The molecule has 25 heavy (non-hydrogen) atoms. The van der Waals surface area contributed by atoms with Crippen LogP contribution >= 0.6 is 0 Å². The van der Waals surface area contributed by atoms with Crippen LogP contribution in [-0.2, 0) is 0 Å². The summed E-state index contributed by atoms with van der Waals surface area (Å²) >= 11 is 0. The second-order valence-electron chi connectivity index (χ2n) is 5.28. The van der Waals surface area contributed by atoms with Crippen molar-refractivity contribution in [3.8, 4) is 11.4 Å². The number of carbonyl (C=O) groups is 1. The molecular weight excluding hydrogens is 316 g/mol. The number of nitrogens with two attached hydrogens (primary N) is 1. The number of amides is 1. The lowest BCUT2D eigenvalue weighted by Gasteiger charge is -2.10. The zero-order valence-corrected chi connectivity index (χ0v) is 13.7. The third-order valence-corrected chi connectivity index (χ3v) is 3.40. The molecule has 7 nitrogen and oxygen atoms in total. The minimum Gasteiger partial charge on any atom is -0.399 e. The lowest BCUT2D eigenvalue weighted by molar-refractivity contribution is 0.102. The molecule has 0 unspecified atom stereocenters. The molecule has 3 rings (SSSR count). The van der Waals surface area contributed by atoms with Gasteiger partial charge >= 0.3 is 0 Å². The summed E-state index contributed by atoms with van der Waals surface area (Å²) in [4.78, 5) is 25.4. The first-order chi connectivity index (χ1) is 12.2. The molecule has 0 fully saturated rings. The average Bonchev–Trinajstić information content (AvgIpc) is 2.63. The zero-order chi connectivity index (χ0) is 17.6. The van der Waals surface area contributed by atoms with Crippen LogP contribution in [0.25, 0.3) is 11.4 Å². The molecular formula is C18H18N6O. The van der Waals surface area contributed by atoms with Gasteiger partial charge in [-0.05, 0) is 43.3 Å². The van der Waals surface area contributed by atoms with Crippen molar-refractivity contribution in [2.75, 3.05) is 22.9 Å². The Labute approximate surface area is 145 Å². The molecule has 0 spiro atoms. The summed E-state index contributed by atoms with van der Waals surface area (Å²) in [6.45, 7) is 2.61. The van der Waals surface area contributed by atoms with E-state index in [0.717, 1.165) is 0 Å². The maximum absolute atomic E-state index is 12.4. The van der Waals surface area contributed by atoms with Gasteiger partial charge < -0.3 is 16.4 Å². The summed E-state index contributed by atoms with van der Waals surface area (Å²) in [6.07, 6.45) is 1.69. The van der Waals surface area contributed by atoms with E-state index in [0.29, 0.717) is 40.9 Å². The number of hydrogen-bond acceptors (Lipinski definition) is 6. The van der Waals surface area contributed by atoms with Gasteiger partial charge in [0.05, 0.1) is 11.4 Å². The van der Waals surface area contributed by atoms with Gasteiger partial charge in [0.1, 0.15) is 5.82 Å². The Morgan fingerprint density at radius 1 is 1.08 bits per heavy atom. The molecule has 4 N–H and O–H groups in total. The van der Waals surface area contributed by atoms with Crippen LogP contribution < -0.4 is 16.4 Å². The van der Waals surface area contributed by atoms with Crippen LogP contribution in [-0.4, -0.2) is 27.4 Å². The van der Waals surface area contributed by atoms with E-state index in [9.17, 15) is 4.79 Å². The molecule has 1 aromatic carbocycles. The number of hydrogen-bond donors (Lipinski definition) is 3. The number of nitrogens with one attached hydrogen (secondary N) is 2. The monoisotopic (exact) mass is 334 g/mol. The van der Waals surface area contributed by atoms with Crippen molar-refractivity contribution in [3.05, 3.63) is 60.3 Å². The van der Waals surface area contributed by atoms with Gasteiger partial charge in [0.15, 0.2) is 0 Å². The van der Waals surface area contributed by atoms with Crippen LogP contribution in [0.2, 0.25) is 0 Å². The Balaban J connectivity index is 1.90. The second kappa shape index (κ2) is 7.39. The van der Waals surface area contributed by atoms with E-state index < -0.39 is 0 Å². The Morgan fingerprint density at radius 3 is 2.56 bits per heavy atom. The molecule has 0 saturated heterocycles. The summed E-state index contributed by atoms with van der Waals surface area (Å²) in [5.41, 5.74) is 8.07. The SMILES string of the molecule is CCNc1nc(NC(=O)c2ccc(N)cc2)cc(-c2ccccn2)n1. The highest BCUT2D eigenvalue weighted by molar-refractivity contribution is 6.04. The van der Waals surface area contributed by atoms with Crippen molar-refractivity contribution in [2.24, 2.45) is 0 Å². The Kier molecular flexibility index (Phi) is 4.84.